The SMILES string of the molecule is CCOC(=O)[C@@H]1C(=O)NC(N2CCN(C(c3ccccc3)c3ccccc3)CC2)=N[C@H]1c1cc(OC)c(OC)c(OC)c1. The number of methoxy groups -OCH3 is 3. The Hall–Kier alpha value is -4.57. The predicted molar refractivity (Wildman–Crippen MR) is 162 cm³/mol. The van der Waals surface area contributed by atoms with Gasteiger partial charge in [-0.1, -0.05) is 60.7 Å². The van der Waals surface area contributed by atoms with E-state index < -0.39 is 23.8 Å². The van der Waals surface area contributed by atoms with Crippen molar-refractivity contribution in [2.75, 3.05) is 54.1 Å². The molecule has 2 atom stereocenters. The molecule has 1 N–H and O–H groups in total. The summed E-state index contributed by atoms with van der Waals surface area (Å²) in [7, 11) is 4.55. The van der Waals surface area contributed by atoms with Gasteiger partial charge in [0.05, 0.1) is 34.0 Å². The van der Waals surface area contributed by atoms with Gasteiger partial charge >= 0.3 is 5.97 Å². The first-order valence-corrected chi connectivity index (χ1v) is 14.4. The first kappa shape index (κ1) is 29.9. The van der Waals surface area contributed by atoms with Gasteiger partial charge in [0.25, 0.3) is 0 Å². The number of guanidine groups is 1. The maximum Gasteiger partial charge on any atom is 0.321 e. The minimum Gasteiger partial charge on any atom is -0.493 e. The van der Waals surface area contributed by atoms with E-state index in [1.165, 1.54) is 32.5 Å². The molecule has 10 nitrogen and oxygen atoms in total. The minimum atomic E-state index is -1.17. The molecular formula is C33H38N4O6. The Labute approximate surface area is 252 Å². The van der Waals surface area contributed by atoms with E-state index in [1.54, 1.807) is 19.1 Å². The summed E-state index contributed by atoms with van der Waals surface area (Å²) < 4.78 is 21.9. The van der Waals surface area contributed by atoms with Crippen molar-refractivity contribution in [1.29, 1.82) is 0 Å². The summed E-state index contributed by atoms with van der Waals surface area (Å²) in [6.45, 7) is 4.63. The number of hydrogen-bond donors (Lipinski definition) is 1. The molecule has 0 aliphatic carbocycles. The third-order valence-corrected chi connectivity index (χ3v) is 7.87. The number of piperazine rings is 1. The third-order valence-electron chi connectivity index (χ3n) is 7.87. The van der Waals surface area contributed by atoms with Gasteiger partial charge in [0.2, 0.25) is 17.6 Å². The summed E-state index contributed by atoms with van der Waals surface area (Å²) in [4.78, 5) is 36.0. The summed E-state index contributed by atoms with van der Waals surface area (Å²) in [5.74, 6) is -0.620. The molecule has 3 aromatic rings. The maximum absolute atomic E-state index is 13.5. The fourth-order valence-electron chi connectivity index (χ4n) is 5.81. The molecule has 0 saturated carbocycles. The Bertz CT molecular complexity index is 1380. The van der Waals surface area contributed by atoms with E-state index in [2.05, 4.69) is 63.6 Å². The summed E-state index contributed by atoms with van der Waals surface area (Å²) in [5.41, 5.74) is 3.03. The number of ether oxygens (including phenoxy) is 4. The molecule has 0 unspecified atom stereocenters. The van der Waals surface area contributed by atoms with Crippen molar-refractivity contribution in [3.05, 3.63) is 89.5 Å². The molecule has 43 heavy (non-hydrogen) atoms. The molecule has 0 bridgehead atoms. The van der Waals surface area contributed by atoms with Gasteiger partial charge < -0.3 is 23.8 Å². The lowest BCUT2D eigenvalue weighted by Gasteiger charge is -2.42. The fourth-order valence-corrected chi connectivity index (χ4v) is 5.81. The third kappa shape index (κ3) is 6.29. The number of hydrogen-bond acceptors (Lipinski definition) is 9. The molecule has 5 rings (SSSR count). The smallest absolute Gasteiger partial charge is 0.321 e. The van der Waals surface area contributed by atoms with Crippen LogP contribution in [0.1, 0.15) is 35.7 Å². The van der Waals surface area contributed by atoms with Gasteiger partial charge in [-0.2, -0.15) is 0 Å². The van der Waals surface area contributed by atoms with E-state index in [0.29, 0.717) is 41.9 Å². The van der Waals surface area contributed by atoms with Crippen LogP contribution in [0.3, 0.4) is 0 Å². The Balaban J connectivity index is 1.44. The van der Waals surface area contributed by atoms with E-state index in [9.17, 15) is 9.59 Å². The first-order valence-electron chi connectivity index (χ1n) is 14.4. The second-order valence-electron chi connectivity index (χ2n) is 10.3. The molecule has 0 radical (unpaired) electrons. The number of esters is 1. The zero-order valence-electron chi connectivity index (χ0n) is 25.0. The van der Waals surface area contributed by atoms with E-state index in [4.69, 9.17) is 23.9 Å². The van der Waals surface area contributed by atoms with Crippen LogP contribution in [0.25, 0.3) is 0 Å². The summed E-state index contributed by atoms with van der Waals surface area (Å²) >= 11 is 0. The number of rotatable bonds is 9. The van der Waals surface area contributed by atoms with Crippen LogP contribution < -0.4 is 19.5 Å². The van der Waals surface area contributed by atoms with E-state index in [1.807, 2.05) is 12.1 Å². The van der Waals surface area contributed by atoms with E-state index in [0.717, 1.165) is 13.1 Å². The standard InChI is InChI=1S/C33H38N4O6/c1-5-43-32(39)27-28(24-20-25(40-2)30(42-4)26(21-24)41-3)34-33(35-31(27)38)37-18-16-36(17-19-37)29(22-12-8-6-9-13-22)23-14-10-7-11-15-23/h6-15,20-21,27-29H,5,16-19H2,1-4H3,(H,34,35,38)/t27-,28-/m0/s1. The molecule has 226 valence electrons. The van der Waals surface area contributed by atoms with Gasteiger partial charge in [0.15, 0.2) is 17.4 Å². The number of carbonyl (C=O) groups excluding carboxylic acids is 2. The van der Waals surface area contributed by atoms with Gasteiger partial charge in [-0.3, -0.25) is 19.8 Å². The molecule has 0 aromatic heterocycles. The molecule has 1 fully saturated rings. The Morgan fingerprint density at radius 3 is 1.93 bits per heavy atom. The Morgan fingerprint density at radius 2 is 1.44 bits per heavy atom. The van der Waals surface area contributed by atoms with Crippen molar-refractivity contribution in [2.24, 2.45) is 10.9 Å². The quantitative estimate of drug-likeness (QED) is 0.298. The molecule has 0 spiro atoms. The van der Waals surface area contributed by atoms with E-state index in [-0.39, 0.29) is 12.6 Å². The molecule has 3 aromatic carbocycles. The molecule has 1 amide bonds. The van der Waals surface area contributed by atoms with Crippen molar-refractivity contribution in [3.8, 4) is 17.2 Å². The summed E-state index contributed by atoms with van der Waals surface area (Å²) in [5, 5.41) is 2.89. The lowest BCUT2D eigenvalue weighted by Crippen LogP contribution is -2.57. The van der Waals surface area contributed by atoms with Gasteiger partial charge in [-0.25, -0.2) is 4.99 Å². The highest BCUT2D eigenvalue weighted by Crippen LogP contribution is 2.43. The summed E-state index contributed by atoms with van der Waals surface area (Å²) in [6, 6.07) is 23.7. The van der Waals surface area contributed by atoms with Crippen molar-refractivity contribution in [3.63, 3.8) is 0 Å². The topological polar surface area (TPSA) is 102 Å². The van der Waals surface area contributed by atoms with Crippen LogP contribution in [0.4, 0.5) is 0 Å². The minimum absolute atomic E-state index is 0.104. The van der Waals surface area contributed by atoms with Crippen LogP contribution >= 0.6 is 0 Å². The second-order valence-corrected chi connectivity index (χ2v) is 10.3. The molecule has 2 heterocycles. The van der Waals surface area contributed by atoms with Crippen molar-refractivity contribution >= 4 is 17.8 Å². The van der Waals surface area contributed by atoms with Crippen LogP contribution in [0.15, 0.2) is 77.8 Å². The fraction of sp³-hybridized carbons (Fsp3) is 0.364. The molecule has 2 aliphatic heterocycles. The zero-order chi connectivity index (χ0) is 30.3. The first-order chi connectivity index (χ1) is 21.0. The average molecular weight is 587 g/mol. The average Bonchev–Trinajstić information content (AvgIpc) is 3.05. The molecule has 1 saturated heterocycles. The van der Waals surface area contributed by atoms with Gasteiger partial charge in [0, 0.05) is 26.2 Å². The van der Waals surface area contributed by atoms with Crippen molar-refractivity contribution < 1.29 is 28.5 Å². The molecular weight excluding hydrogens is 548 g/mol. The monoisotopic (exact) mass is 586 g/mol. The van der Waals surface area contributed by atoms with Crippen LogP contribution in [0.2, 0.25) is 0 Å². The highest BCUT2D eigenvalue weighted by atomic mass is 16.5. The summed E-state index contributed by atoms with van der Waals surface area (Å²) in [6.07, 6.45) is 0. The highest BCUT2D eigenvalue weighted by Gasteiger charge is 2.43. The number of nitrogens with zero attached hydrogens (tertiary/aromatic N) is 3. The zero-order valence-corrected chi connectivity index (χ0v) is 25.0. The number of amides is 1. The molecule has 2 aliphatic rings. The van der Waals surface area contributed by atoms with E-state index >= 15 is 0 Å². The van der Waals surface area contributed by atoms with Crippen LogP contribution in [-0.4, -0.2) is 81.8 Å². The normalized spacial score (nSPS) is 19.0. The lowest BCUT2D eigenvalue weighted by molar-refractivity contribution is -0.153. The second kappa shape index (κ2) is 13.6. The maximum atomic E-state index is 13.5. The van der Waals surface area contributed by atoms with Crippen molar-refractivity contribution in [1.82, 2.24) is 15.1 Å². The molecule has 10 heteroatoms. The van der Waals surface area contributed by atoms with Crippen LogP contribution in [-0.2, 0) is 14.3 Å². The van der Waals surface area contributed by atoms with Crippen LogP contribution in [0.5, 0.6) is 17.2 Å². The van der Waals surface area contributed by atoms with Gasteiger partial charge in [-0.05, 0) is 35.7 Å². The lowest BCUT2D eigenvalue weighted by atomic mass is 9.90. The number of nitrogens with one attached hydrogen (secondary N) is 1. The Kier molecular flexibility index (Phi) is 9.46. The number of aliphatic imine (C=N–C) groups is 1. The Morgan fingerprint density at radius 1 is 0.884 bits per heavy atom. The van der Waals surface area contributed by atoms with Crippen LogP contribution in [0, 0.1) is 5.92 Å². The van der Waals surface area contributed by atoms with Gasteiger partial charge in [0.1, 0.15) is 6.04 Å². The largest absolute Gasteiger partial charge is 0.493 e. The van der Waals surface area contributed by atoms with Gasteiger partial charge in [-0.15, -0.1) is 0 Å². The highest BCUT2D eigenvalue weighted by molar-refractivity contribution is 6.08. The number of benzene rings is 3. The predicted octanol–water partition coefficient (Wildman–Crippen LogP) is 3.83. The number of carbonyl (C=O) groups is 2. The van der Waals surface area contributed by atoms with Crippen molar-refractivity contribution in [2.45, 2.75) is 19.0 Å².